The molecule has 0 aliphatic carbocycles. The van der Waals surface area contributed by atoms with Crippen LogP contribution < -0.4 is 0 Å². The molecule has 1 aromatic rings. The Morgan fingerprint density at radius 2 is 2.38 bits per heavy atom. The third-order valence-corrected chi connectivity index (χ3v) is 2.68. The maximum atomic E-state index is 10.9. The number of carboxylic acid groups (broad SMARTS) is 1. The first kappa shape index (κ1) is 12.6. The Morgan fingerprint density at radius 1 is 1.62 bits per heavy atom. The molecule has 0 fully saturated rings. The smallest absolute Gasteiger partial charge is 0.320 e. The van der Waals surface area contributed by atoms with Crippen LogP contribution in [-0.4, -0.2) is 40.6 Å². The second kappa shape index (κ2) is 6.23. The molecule has 0 radical (unpaired) electrons. The van der Waals surface area contributed by atoms with Gasteiger partial charge in [0.1, 0.15) is 6.04 Å². The van der Waals surface area contributed by atoms with Gasteiger partial charge >= 0.3 is 5.97 Å². The summed E-state index contributed by atoms with van der Waals surface area (Å²) in [6, 6.07) is 3.50. The maximum absolute atomic E-state index is 10.9. The van der Waals surface area contributed by atoms with E-state index in [1.54, 1.807) is 6.20 Å². The summed E-state index contributed by atoms with van der Waals surface area (Å²) in [7, 11) is 1.85. The zero-order valence-corrected chi connectivity index (χ0v) is 9.76. The number of likely N-dealkylation sites (N-methyl/N-ethyl adjacent to an activating group) is 1. The van der Waals surface area contributed by atoms with Crippen LogP contribution in [0.1, 0.15) is 18.9 Å². The average molecular weight is 222 g/mol. The molecule has 16 heavy (non-hydrogen) atoms. The van der Waals surface area contributed by atoms with E-state index >= 15 is 0 Å². The fraction of sp³-hybridized carbons (Fsp3) is 0.500. The van der Waals surface area contributed by atoms with Crippen molar-refractivity contribution in [3.63, 3.8) is 0 Å². The van der Waals surface area contributed by atoms with Crippen molar-refractivity contribution >= 4 is 5.97 Å². The second-order valence-electron chi connectivity index (χ2n) is 3.85. The predicted molar refractivity (Wildman–Crippen MR) is 62.3 cm³/mol. The number of hydrogen-bond acceptors (Lipinski definition) is 3. The summed E-state index contributed by atoms with van der Waals surface area (Å²) in [6.45, 7) is 2.62. The lowest BCUT2D eigenvalue weighted by Crippen LogP contribution is -2.39. The summed E-state index contributed by atoms with van der Waals surface area (Å²) >= 11 is 0. The first-order valence-electron chi connectivity index (χ1n) is 5.47. The van der Waals surface area contributed by atoms with Gasteiger partial charge in [-0.25, -0.2) is 0 Å². The van der Waals surface area contributed by atoms with Crippen LogP contribution in [0.3, 0.4) is 0 Å². The Morgan fingerprint density at radius 3 is 2.88 bits per heavy atom. The fourth-order valence-electron chi connectivity index (χ4n) is 1.68. The highest BCUT2D eigenvalue weighted by molar-refractivity contribution is 5.73. The second-order valence-corrected chi connectivity index (χ2v) is 3.85. The molecule has 1 rings (SSSR count). The van der Waals surface area contributed by atoms with Gasteiger partial charge in [0.2, 0.25) is 0 Å². The molecule has 0 saturated carbocycles. The van der Waals surface area contributed by atoms with Gasteiger partial charge in [0.15, 0.2) is 0 Å². The lowest BCUT2D eigenvalue weighted by atomic mass is 10.1. The molecule has 88 valence electrons. The Labute approximate surface area is 95.9 Å². The van der Waals surface area contributed by atoms with Crippen molar-refractivity contribution in [2.45, 2.75) is 25.8 Å². The number of hydrogen-bond donors (Lipinski definition) is 1. The third kappa shape index (κ3) is 3.62. The Hall–Kier alpha value is -1.42. The molecule has 0 aromatic carbocycles. The number of carboxylic acids is 1. The average Bonchev–Trinajstić information content (AvgIpc) is 2.28. The van der Waals surface area contributed by atoms with Crippen molar-refractivity contribution in [3.05, 3.63) is 30.1 Å². The highest BCUT2D eigenvalue weighted by atomic mass is 16.4. The van der Waals surface area contributed by atoms with Crippen molar-refractivity contribution in [3.8, 4) is 0 Å². The van der Waals surface area contributed by atoms with E-state index in [0.717, 1.165) is 18.5 Å². The number of pyridine rings is 1. The van der Waals surface area contributed by atoms with E-state index in [-0.39, 0.29) is 0 Å². The normalized spacial score (nSPS) is 12.7. The van der Waals surface area contributed by atoms with E-state index in [9.17, 15) is 4.79 Å². The van der Waals surface area contributed by atoms with Crippen LogP contribution in [0.5, 0.6) is 0 Å². The van der Waals surface area contributed by atoms with Gasteiger partial charge in [0, 0.05) is 18.9 Å². The van der Waals surface area contributed by atoms with E-state index in [0.29, 0.717) is 6.42 Å². The van der Waals surface area contributed by atoms with Crippen molar-refractivity contribution in [1.29, 1.82) is 0 Å². The molecule has 1 N–H and O–H groups in total. The lowest BCUT2D eigenvalue weighted by molar-refractivity contribution is -0.142. The minimum Gasteiger partial charge on any atom is -0.480 e. The van der Waals surface area contributed by atoms with Gasteiger partial charge < -0.3 is 5.11 Å². The van der Waals surface area contributed by atoms with Gasteiger partial charge in [-0.05, 0) is 31.5 Å². The Balaban J connectivity index is 2.46. The summed E-state index contributed by atoms with van der Waals surface area (Å²) in [5.41, 5.74) is 1.13. The molecular weight excluding hydrogens is 204 g/mol. The van der Waals surface area contributed by atoms with E-state index in [1.807, 2.05) is 37.2 Å². The standard InChI is InChI=1S/C12H18N2O2/c1-3-11(12(15)16)14(2)8-6-10-5-4-7-13-9-10/h4-5,7,9,11H,3,6,8H2,1-2H3,(H,15,16). The number of nitrogens with zero attached hydrogens (tertiary/aromatic N) is 2. The number of carbonyl (C=O) groups is 1. The molecule has 0 aliphatic rings. The highest BCUT2D eigenvalue weighted by Gasteiger charge is 2.19. The molecule has 0 spiro atoms. The van der Waals surface area contributed by atoms with Crippen molar-refractivity contribution in [1.82, 2.24) is 9.88 Å². The lowest BCUT2D eigenvalue weighted by Gasteiger charge is -2.23. The van der Waals surface area contributed by atoms with Crippen molar-refractivity contribution in [2.75, 3.05) is 13.6 Å². The van der Waals surface area contributed by atoms with Crippen LogP contribution >= 0.6 is 0 Å². The molecule has 0 aliphatic heterocycles. The van der Waals surface area contributed by atoms with Crippen LogP contribution in [0, 0.1) is 0 Å². The highest BCUT2D eigenvalue weighted by Crippen LogP contribution is 2.04. The zero-order chi connectivity index (χ0) is 12.0. The van der Waals surface area contributed by atoms with Gasteiger partial charge in [-0.1, -0.05) is 13.0 Å². The third-order valence-electron chi connectivity index (χ3n) is 2.68. The molecule has 1 atom stereocenters. The number of aromatic nitrogens is 1. The molecule has 0 amide bonds. The Bertz CT molecular complexity index is 327. The van der Waals surface area contributed by atoms with E-state index in [1.165, 1.54) is 0 Å². The van der Waals surface area contributed by atoms with E-state index < -0.39 is 12.0 Å². The van der Waals surface area contributed by atoms with E-state index in [4.69, 9.17) is 5.11 Å². The first-order chi connectivity index (χ1) is 7.65. The zero-order valence-electron chi connectivity index (χ0n) is 9.76. The largest absolute Gasteiger partial charge is 0.480 e. The van der Waals surface area contributed by atoms with Crippen LogP contribution in [0.4, 0.5) is 0 Å². The summed E-state index contributed by atoms with van der Waals surface area (Å²) in [4.78, 5) is 16.8. The molecular formula is C12H18N2O2. The van der Waals surface area contributed by atoms with Crippen LogP contribution in [0.2, 0.25) is 0 Å². The summed E-state index contributed by atoms with van der Waals surface area (Å²) in [6.07, 6.45) is 5.00. The van der Waals surface area contributed by atoms with Gasteiger partial charge in [-0.3, -0.25) is 14.7 Å². The van der Waals surface area contributed by atoms with Crippen LogP contribution in [-0.2, 0) is 11.2 Å². The quantitative estimate of drug-likeness (QED) is 0.791. The predicted octanol–water partition coefficient (Wildman–Crippen LogP) is 1.42. The molecule has 1 heterocycles. The van der Waals surface area contributed by atoms with Gasteiger partial charge in [0.05, 0.1) is 0 Å². The molecule has 1 unspecified atom stereocenters. The summed E-state index contributed by atoms with van der Waals surface area (Å²) < 4.78 is 0. The SMILES string of the molecule is CCC(C(=O)O)N(C)CCc1cccnc1. The molecule has 0 bridgehead atoms. The number of aliphatic carboxylic acids is 1. The minimum atomic E-state index is -0.754. The van der Waals surface area contributed by atoms with Gasteiger partial charge in [-0.15, -0.1) is 0 Å². The molecule has 0 saturated heterocycles. The first-order valence-corrected chi connectivity index (χ1v) is 5.47. The maximum Gasteiger partial charge on any atom is 0.320 e. The van der Waals surface area contributed by atoms with Gasteiger partial charge in [0.25, 0.3) is 0 Å². The van der Waals surface area contributed by atoms with Crippen molar-refractivity contribution in [2.24, 2.45) is 0 Å². The minimum absolute atomic E-state index is 0.392. The monoisotopic (exact) mass is 222 g/mol. The number of rotatable bonds is 6. The molecule has 4 heteroatoms. The van der Waals surface area contributed by atoms with Crippen LogP contribution in [0.25, 0.3) is 0 Å². The molecule has 1 aromatic heterocycles. The summed E-state index contributed by atoms with van der Waals surface area (Å²) in [5, 5.41) is 8.99. The Kier molecular flexibility index (Phi) is 4.92. The summed E-state index contributed by atoms with van der Waals surface area (Å²) in [5.74, 6) is -0.754. The van der Waals surface area contributed by atoms with Gasteiger partial charge in [-0.2, -0.15) is 0 Å². The van der Waals surface area contributed by atoms with E-state index in [2.05, 4.69) is 4.98 Å². The fourth-order valence-corrected chi connectivity index (χ4v) is 1.68. The topological polar surface area (TPSA) is 53.4 Å². The van der Waals surface area contributed by atoms with Crippen LogP contribution in [0.15, 0.2) is 24.5 Å². The molecule has 4 nitrogen and oxygen atoms in total. The van der Waals surface area contributed by atoms with Crippen molar-refractivity contribution < 1.29 is 9.90 Å².